The molecule has 2 aliphatic rings. The molecule has 2 atom stereocenters. The first-order chi connectivity index (χ1) is 7.13. The Bertz CT molecular complexity index is 294. The zero-order valence-electron chi connectivity index (χ0n) is 8.85. The number of likely N-dealkylation sites (N-methyl/N-ethyl adjacent to an activating group) is 1. The molecule has 0 aromatic heterocycles. The Morgan fingerprint density at radius 2 is 2.33 bits per heavy atom. The van der Waals surface area contributed by atoms with E-state index in [2.05, 4.69) is 4.90 Å². The fourth-order valence-electron chi connectivity index (χ4n) is 3.02. The summed E-state index contributed by atoms with van der Waals surface area (Å²) in [4.78, 5) is 25.8. The lowest BCUT2D eigenvalue weighted by Gasteiger charge is -2.37. The quantitative estimate of drug-likeness (QED) is 0.656. The number of hydrogen-bond donors (Lipinski definition) is 1. The highest BCUT2D eigenvalue weighted by Gasteiger charge is 2.56. The van der Waals surface area contributed by atoms with Gasteiger partial charge in [-0.2, -0.15) is 0 Å². The summed E-state index contributed by atoms with van der Waals surface area (Å²) in [6.07, 6.45) is 3.09. The maximum atomic E-state index is 11.4. The number of rotatable bonds is 3. The van der Waals surface area contributed by atoms with Crippen LogP contribution < -0.4 is 0 Å². The van der Waals surface area contributed by atoms with Crippen LogP contribution in [0.25, 0.3) is 0 Å². The van der Waals surface area contributed by atoms with E-state index in [-0.39, 0.29) is 6.04 Å². The minimum atomic E-state index is -0.988. The fourth-order valence-corrected chi connectivity index (χ4v) is 3.02. The van der Waals surface area contributed by atoms with Gasteiger partial charge in [0.05, 0.1) is 0 Å². The molecule has 0 bridgehead atoms. The molecule has 2 fully saturated rings. The molecule has 1 N–H and O–H groups in total. The number of carbonyl (C=O) groups excluding carboxylic acids is 1. The van der Waals surface area contributed by atoms with Gasteiger partial charge >= 0.3 is 5.97 Å². The van der Waals surface area contributed by atoms with Crippen LogP contribution in [0.4, 0.5) is 0 Å². The number of carbonyl (C=O) groups is 2. The lowest BCUT2D eigenvalue weighted by atomic mass is 9.87. The molecule has 84 valence electrons. The standard InChI is InChI=1S/C10H16N2O3/c1-11(7-13)10(9(14)15)4-6-12-5-2-3-8(10)12/h7-8H,2-6H2,1H3,(H,14,15). The third-order valence-corrected chi connectivity index (χ3v) is 3.85. The van der Waals surface area contributed by atoms with Gasteiger partial charge in [0.2, 0.25) is 6.41 Å². The topological polar surface area (TPSA) is 60.9 Å². The SMILES string of the molecule is CN(C=O)C1(C(=O)O)CCN2CCCC21. The van der Waals surface area contributed by atoms with E-state index in [0.717, 1.165) is 25.9 Å². The van der Waals surface area contributed by atoms with Crippen molar-refractivity contribution in [3.8, 4) is 0 Å². The molecule has 0 radical (unpaired) electrons. The Morgan fingerprint density at radius 3 is 2.93 bits per heavy atom. The summed E-state index contributed by atoms with van der Waals surface area (Å²) in [5.74, 6) is -0.869. The molecule has 5 nitrogen and oxygen atoms in total. The molecule has 0 aromatic rings. The van der Waals surface area contributed by atoms with Crippen LogP contribution in [0.15, 0.2) is 0 Å². The molecule has 0 aliphatic carbocycles. The molecular formula is C10H16N2O3. The van der Waals surface area contributed by atoms with E-state index < -0.39 is 11.5 Å². The van der Waals surface area contributed by atoms with Gasteiger partial charge in [-0.05, 0) is 25.8 Å². The second-order valence-electron chi connectivity index (χ2n) is 4.39. The molecule has 2 rings (SSSR count). The van der Waals surface area contributed by atoms with Gasteiger partial charge in [0.1, 0.15) is 0 Å². The largest absolute Gasteiger partial charge is 0.479 e. The summed E-state index contributed by atoms with van der Waals surface area (Å²) in [5.41, 5.74) is -0.988. The monoisotopic (exact) mass is 212 g/mol. The minimum Gasteiger partial charge on any atom is -0.479 e. The summed E-state index contributed by atoms with van der Waals surface area (Å²) in [6, 6.07) is 0.00481. The molecule has 2 unspecified atom stereocenters. The van der Waals surface area contributed by atoms with Crippen molar-refractivity contribution in [2.24, 2.45) is 0 Å². The van der Waals surface area contributed by atoms with Crippen molar-refractivity contribution in [2.75, 3.05) is 20.1 Å². The lowest BCUT2D eigenvalue weighted by Crippen LogP contribution is -2.58. The highest BCUT2D eigenvalue weighted by molar-refractivity contribution is 5.83. The smallest absolute Gasteiger partial charge is 0.331 e. The average molecular weight is 212 g/mol. The highest BCUT2D eigenvalue weighted by Crippen LogP contribution is 2.39. The first-order valence-electron chi connectivity index (χ1n) is 5.28. The zero-order chi connectivity index (χ0) is 11.1. The molecular weight excluding hydrogens is 196 g/mol. The fraction of sp³-hybridized carbons (Fsp3) is 0.800. The Labute approximate surface area is 88.6 Å². The third kappa shape index (κ3) is 1.26. The number of nitrogens with zero attached hydrogens (tertiary/aromatic N) is 2. The van der Waals surface area contributed by atoms with Gasteiger partial charge in [-0.1, -0.05) is 0 Å². The molecule has 0 aromatic carbocycles. The van der Waals surface area contributed by atoms with Crippen molar-refractivity contribution in [1.29, 1.82) is 0 Å². The van der Waals surface area contributed by atoms with Crippen LogP contribution in [0.5, 0.6) is 0 Å². The van der Waals surface area contributed by atoms with Crippen LogP contribution in [-0.4, -0.2) is 59.0 Å². The first kappa shape index (κ1) is 10.4. The van der Waals surface area contributed by atoms with E-state index in [1.165, 1.54) is 4.90 Å². The van der Waals surface area contributed by atoms with Crippen molar-refractivity contribution >= 4 is 12.4 Å². The molecule has 0 spiro atoms. The van der Waals surface area contributed by atoms with Crippen molar-refractivity contribution in [3.05, 3.63) is 0 Å². The van der Waals surface area contributed by atoms with Crippen LogP contribution in [0.3, 0.4) is 0 Å². The Morgan fingerprint density at radius 1 is 1.60 bits per heavy atom. The Hall–Kier alpha value is -1.10. The van der Waals surface area contributed by atoms with E-state index >= 15 is 0 Å². The summed E-state index contributed by atoms with van der Waals surface area (Å²) in [7, 11) is 1.57. The lowest BCUT2D eigenvalue weighted by molar-refractivity contribution is -0.155. The van der Waals surface area contributed by atoms with E-state index in [9.17, 15) is 14.7 Å². The minimum absolute atomic E-state index is 0.00481. The maximum Gasteiger partial charge on any atom is 0.331 e. The number of hydrogen-bond acceptors (Lipinski definition) is 3. The van der Waals surface area contributed by atoms with Crippen molar-refractivity contribution in [2.45, 2.75) is 30.8 Å². The molecule has 1 amide bonds. The van der Waals surface area contributed by atoms with Gasteiger partial charge in [-0.15, -0.1) is 0 Å². The van der Waals surface area contributed by atoms with Crippen LogP contribution in [0.1, 0.15) is 19.3 Å². The summed E-state index contributed by atoms with van der Waals surface area (Å²) >= 11 is 0. The van der Waals surface area contributed by atoms with Crippen LogP contribution in [-0.2, 0) is 9.59 Å². The molecule has 2 heterocycles. The predicted octanol–water partition coefficient (Wildman–Crippen LogP) is -0.234. The van der Waals surface area contributed by atoms with Crippen LogP contribution >= 0.6 is 0 Å². The maximum absolute atomic E-state index is 11.4. The van der Waals surface area contributed by atoms with Crippen molar-refractivity contribution in [3.63, 3.8) is 0 Å². The average Bonchev–Trinajstić information content (AvgIpc) is 2.76. The van der Waals surface area contributed by atoms with Gasteiger partial charge in [-0.3, -0.25) is 9.69 Å². The molecule has 2 saturated heterocycles. The second kappa shape index (κ2) is 3.48. The summed E-state index contributed by atoms with van der Waals surface area (Å²) < 4.78 is 0. The highest BCUT2D eigenvalue weighted by atomic mass is 16.4. The summed E-state index contributed by atoms with van der Waals surface area (Å²) in [5, 5.41) is 9.39. The normalized spacial score (nSPS) is 35.1. The van der Waals surface area contributed by atoms with Gasteiger partial charge in [0.25, 0.3) is 0 Å². The van der Waals surface area contributed by atoms with Crippen LogP contribution in [0, 0.1) is 0 Å². The molecule has 2 aliphatic heterocycles. The van der Waals surface area contributed by atoms with E-state index in [0.29, 0.717) is 12.8 Å². The van der Waals surface area contributed by atoms with Crippen molar-refractivity contribution in [1.82, 2.24) is 9.80 Å². The Kier molecular flexibility index (Phi) is 2.42. The number of amides is 1. The molecule has 0 saturated carbocycles. The third-order valence-electron chi connectivity index (χ3n) is 3.85. The zero-order valence-corrected chi connectivity index (χ0v) is 8.85. The second-order valence-corrected chi connectivity index (χ2v) is 4.39. The first-order valence-corrected chi connectivity index (χ1v) is 5.28. The number of fused-ring (bicyclic) bond motifs is 1. The van der Waals surface area contributed by atoms with E-state index in [4.69, 9.17) is 0 Å². The van der Waals surface area contributed by atoms with Gasteiger partial charge in [0, 0.05) is 19.6 Å². The van der Waals surface area contributed by atoms with Crippen molar-refractivity contribution < 1.29 is 14.7 Å². The summed E-state index contributed by atoms with van der Waals surface area (Å²) in [6.45, 7) is 1.75. The Balaban J connectivity index is 2.34. The van der Waals surface area contributed by atoms with Gasteiger partial charge in [0.15, 0.2) is 5.54 Å². The van der Waals surface area contributed by atoms with Gasteiger partial charge < -0.3 is 10.0 Å². The van der Waals surface area contributed by atoms with Crippen LogP contribution in [0.2, 0.25) is 0 Å². The molecule has 5 heteroatoms. The van der Waals surface area contributed by atoms with E-state index in [1.54, 1.807) is 7.05 Å². The number of carboxylic acids is 1. The van der Waals surface area contributed by atoms with Gasteiger partial charge in [-0.25, -0.2) is 4.79 Å². The van der Waals surface area contributed by atoms with E-state index in [1.807, 2.05) is 0 Å². The predicted molar refractivity (Wildman–Crippen MR) is 53.4 cm³/mol. The number of carboxylic acid groups (broad SMARTS) is 1. The molecule has 15 heavy (non-hydrogen) atoms. The number of aliphatic carboxylic acids is 1.